The number of rotatable bonds is 4. The van der Waals surface area contributed by atoms with Crippen molar-refractivity contribution < 1.29 is 8.42 Å². The van der Waals surface area contributed by atoms with E-state index in [4.69, 9.17) is 11.6 Å². The van der Waals surface area contributed by atoms with E-state index in [9.17, 15) is 8.42 Å². The van der Waals surface area contributed by atoms with Crippen LogP contribution in [0.4, 0.5) is 0 Å². The topological polar surface area (TPSA) is 62.0 Å². The van der Waals surface area contributed by atoms with Crippen molar-refractivity contribution >= 4 is 32.3 Å². The van der Waals surface area contributed by atoms with Crippen LogP contribution in [0, 0.1) is 0 Å². The molecule has 1 aromatic carbocycles. The van der Waals surface area contributed by atoms with E-state index in [2.05, 4.69) is 10.3 Å². The van der Waals surface area contributed by atoms with Crippen LogP contribution in [-0.2, 0) is 16.4 Å². The molecule has 2 N–H and O–H groups in total. The van der Waals surface area contributed by atoms with Crippen LogP contribution >= 0.6 is 11.6 Å². The molecule has 0 radical (unpaired) electrons. The number of H-pyrrole nitrogens is 1. The molecule has 0 saturated carbocycles. The third kappa shape index (κ3) is 2.71. The molecule has 1 unspecified atom stereocenters. The number of fused-ring (bicyclic) bond motifs is 1. The highest BCUT2D eigenvalue weighted by Crippen LogP contribution is 2.22. The zero-order chi connectivity index (χ0) is 14.2. The first-order valence-corrected chi connectivity index (χ1v) is 8.83. The zero-order valence-corrected chi connectivity index (χ0v) is 12.6. The van der Waals surface area contributed by atoms with Gasteiger partial charge in [-0.25, -0.2) is 8.42 Å². The average Bonchev–Trinajstić information content (AvgIpc) is 2.93. The van der Waals surface area contributed by atoms with Crippen molar-refractivity contribution in [2.24, 2.45) is 0 Å². The summed E-state index contributed by atoms with van der Waals surface area (Å²) in [5, 5.41) is 4.87. The van der Waals surface area contributed by atoms with Crippen LogP contribution in [-0.4, -0.2) is 30.9 Å². The van der Waals surface area contributed by atoms with Crippen molar-refractivity contribution in [1.82, 2.24) is 10.3 Å². The predicted octanol–water partition coefficient (Wildman–Crippen LogP) is 2.49. The second-order valence-corrected chi connectivity index (χ2v) is 8.10. The Bertz CT molecular complexity index is 724. The summed E-state index contributed by atoms with van der Waals surface area (Å²) in [6.07, 6.45) is 3.51. The van der Waals surface area contributed by atoms with Crippen molar-refractivity contribution in [1.29, 1.82) is 0 Å². The van der Waals surface area contributed by atoms with Crippen molar-refractivity contribution in [3.8, 4) is 0 Å². The van der Waals surface area contributed by atoms with Gasteiger partial charge >= 0.3 is 0 Å². The van der Waals surface area contributed by atoms with E-state index in [1.807, 2.05) is 24.4 Å². The molecule has 1 atom stereocenters. The molecule has 1 fully saturated rings. The minimum atomic E-state index is -2.86. The van der Waals surface area contributed by atoms with Crippen LogP contribution in [0.1, 0.15) is 18.4 Å². The summed E-state index contributed by atoms with van der Waals surface area (Å²) >= 11 is 5.95. The van der Waals surface area contributed by atoms with E-state index in [1.165, 1.54) is 0 Å². The first kappa shape index (κ1) is 13.9. The lowest BCUT2D eigenvalue weighted by Gasteiger charge is -2.10. The normalized spacial score (nSPS) is 21.6. The predicted molar refractivity (Wildman–Crippen MR) is 81.8 cm³/mol. The molecule has 0 bridgehead atoms. The van der Waals surface area contributed by atoms with Crippen LogP contribution in [0.5, 0.6) is 0 Å². The number of aromatic nitrogens is 1. The summed E-state index contributed by atoms with van der Waals surface area (Å²) in [5.74, 6) is 0.338. The molecule has 0 spiro atoms. The van der Waals surface area contributed by atoms with Gasteiger partial charge in [-0.3, -0.25) is 0 Å². The molecule has 1 aliphatic rings. The Morgan fingerprint density at radius 1 is 1.40 bits per heavy atom. The van der Waals surface area contributed by atoms with Gasteiger partial charge in [-0.2, -0.15) is 0 Å². The molecule has 2 heterocycles. The standard InChI is InChI=1S/C14H17ClN2O2S/c15-11-3-4-13-10(8-17-14(13)6-11)7-16-9-12-2-1-5-20(12,18)19/h3-4,6,8,12,16-17H,1-2,5,7,9H2. The molecule has 20 heavy (non-hydrogen) atoms. The van der Waals surface area contributed by atoms with E-state index in [0.717, 1.165) is 29.3 Å². The van der Waals surface area contributed by atoms with Crippen molar-refractivity contribution in [2.45, 2.75) is 24.6 Å². The fraction of sp³-hybridized carbons (Fsp3) is 0.429. The Hall–Kier alpha value is -1.04. The van der Waals surface area contributed by atoms with E-state index in [0.29, 0.717) is 23.9 Å². The fourth-order valence-electron chi connectivity index (χ4n) is 2.76. The third-order valence-corrected chi connectivity index (χ3v) is 6.39. The second kappa shape index (κ2) is 5.39. The maximum Gasteiger partial charge on any atom is 0.154 e. The summed E-state index contributed by atoms with van der Waals surface area (Å²) in [7, 11) is -2.86. The molecule has 0 amide bonds. The Morgan fingerprint density at radius 3 is 3.00 bits per heavy atom. The largest absolute Gasteiger partial charge is 0.361 e. The van der Waals surface area contributed by atoms with Crippen molar-refractivity contribution in [2.75, 3.05) is 12.3 Å². The smallest absolute Gasteiger partial charge is 0.154 e. The van der Waals surface area contributed by atoms with Gasteiger partial charge in [0.2, 0.25) is 0 Å². The Morgan fingerprint density at radius 2 is 2.25 bits per heavy atom. The van der Waals surface area contributed by atoms with Gasteiger partial charge < -0.3 is 10.3 Å². The number of aromatic amines is 1. The molecular weight excluding hydrogens is 296 g/mol. The van der Waals surface area contributed by atoms with Crippen LogP contribution in [0.3, 0.4) is 0 Å². The van der Waals surface area contributed by atoms with Crippen LogP contribution < -0.4 is 5.32 Å². The molecule has 6 heteroatoms. The summed E-state index contributed by atoms with van der Waals surface area (Å²) in [6, 6.07) is 5.74. The van der Waals surface area contributed by atoms with Crippen molar-refractivity contribution in [3.63, 3.8) is 0 Å². The molecule has 108 valence electrons. The average molecular weight is 313 g/mol. The van der Waals surface area contributed by atoms with Crippen LogP contribution in [0.2, 0.25) is 5.02 Å². The SMILES string of the molecule is O=S1(=O)CCCC1CNCc1c[nH]c2cc(Cl)ccc12. The van der Waals surface area contributed by atoms with Gasteiger partial charge in [0.25, 0.3) is 0 Å². The minimum absolute atomic E-state index is 0.220. The fourth-order valence-corrected chi connectivity index (χ4v) is 4.73. The Kier molecular flexibility index (Phi) is 3.75. The minimum Gasteiger partial charge on any atom is -0.361 e. The summed E-state index contributed by atoms with van der Waals surface area (Å²) in [4.78, 5) is 3.18. The third-order valence-electron chi connectivity index (χ3n) is 3.88. The number of hydrogen-bond acceptors (Lipinski definition) is 3. The second-order valence-electron chi connectivity index (χ2n) is 5.27. The lowest BCUT2D eigenvalue weighted by Crippen LogP contribution is -2.30. The number of hydrogen-bond donors (Lipinski definition) is 2. The zero-order valence-electron chi connectivity index (χ0n) is 11.0. The van der Waals surface area contributed by atoms with Gasteiger partial charge in [0.15, 0.2) is 9.84 Å². The molecule has 4 nitrogen and oxygen atoms in total. The first-order chi connectivity index (χ1) is 9.56. The number of benzene rings is 1. The molecule has 2 aromatic rings. The quantitative estimate of drug-likeness (QED) is 0.912. The molecule has 0 aliphatic carbocycles. The number of halogens is 1. The highest BCUT2D eigenvalue weighted by atomic mass is 35.5. The summed E-state index contributed by atoms with van der Waals surface area (Å²) in [5.41, 5.74) is 2.13. The van der Waals surface area contributed by atoms with Gasteiger partial charge in [0.05, 0.1) is 11.0 Å². The monoisotopic (exact) mass is 312 g/mol. The van der Waals surface area contributed by atoms with Crippen LogP contribution in [0.25, 0.3) is 10.9 Å². The maximum absolute atomic E-state index is 11.7. The number of sulfone groups is 1. The van der Waals surface area contributed by atoms with E-state index in [-0.39, 0.29) is 5.25 Å². The van der Waals surface area contributed by atoms with Gasteiger partial charge in [-0.05, 0) is 30.5 Å². The molecule has 1 aliphatic heterocycles. The van der Waals surface area contributed by atoms with E-state index >= 15 is 0 Å². The van der Waals surface area contributed by atoms with E-state index in [1.54, 1.807) is 0 Å². The molecular formula is C14H17ClN2O2S. The van der Waals surface area contributed by atoms with Gasteiger partial charge in [0.1, 0.15) is 0 Å². The molecule has 3 rings (SSSR count). The lowest BCUT2D eigenvalue weighted by atomic mass is 10.1. The van der Waals surface area contributed by atoms with E-state index < -0.39 is 9.84 Å². The lowest BCUT2D eigenvalue weighted by molar-refractivity contribution is 0.574. The van der Waals surface area contributed by atoms with Gasteiger partial charge in [-0.1, -0.05) is 17.7 Å². The number of nitrogens with one attached hydrogen (secondary N) is 2. The summed E-state index contributed by atoms with van der Waals surface area (Å²) in [6.45, 7) is 1.19. The highest BCUT2D eigenvalue weighted by Gasteiger charge is 2.30. The Balaban J connectivity index is 1.66. The summed E-state index contributed by atoms with van der Waals surface area (Å²) < 4.78 is 23.5. The van der Waals surface area contributed by atoms with Crippen LogP contribution in [0.15, 0.2) is 24.4 Å². The Labute approximate surface area is 123 Å². The molecule has 1 saturated heterocycles. The molecule has 1 aromatic heterocycles. The van der Waals surface area contributed by atoms with Gasteiger partial charge in [0, 0.05) is 35.2 Å². The van der Waals surface area contributed by atoms with Gasteiger partial charge in [-0.15, -0.1) is 0 Å². The maximum atomic E-state index is 11.7. The highest BCUT2D eigenvalue weighted by molar-refractivity contribution is 7.92. The van der Waals surface area contributed by atoms with Crippen molar-refractivity contribution in [3.05, 3.63) is 35.0 Å². The first-order valence-electron chi connectivity index (χ1n) is 6.74.